The Morgan fingerprint density at radius 2 is 2.07 bits per heavy atom. The minimum Gasteiger partial charge on any atom is -0.340 e. The Hall–Kier alpha value is -0.530. The van der Waals surface area contributed by atoms with Gasteiger partial charge in [-0.3, -0.25) is 4.79 Å². The van der Waals surface area contributed by atoms with Crippen molar-refractivity contribution in [2.75, 3.05) is 6.54 Å². The number of amides is 1. The highest BCUT2D eigenvalue weighted by atomic mass is 16.2. The molecule has 2 fully saturated rings. The minimum absolute atomic E-state index is 0.373. The summed E-state index contributed by atoms with van der Waals surface area (Å²) in [6, 6.07) is 0.602. The SMILES string of the molecule is CCCN(C(=O)CC1(C)CC1)C1CC1. The first-order valence-electron chi connectivity index (χ1n) is 5.94. The van der Waals surface area contributed by atoms with E-state index >= 15 is 0 Å². The third-order valence-electron chi connectivity index (χ3n) is 3.45. The summed E-state index contributed by atoms with van der Waals surface area (Å²) in [4.78, 5) is 14.1. The van der Waals surface area contributed by atoms with Gasteiger partial charge in [-0.05, 0) is 37.5 Å². The first kappa shape index (κ1) is 10.0. The van der Waals surface area contributed by atoms with E-state index < -0.39 is 0 Å². The van der Waals surface area contributed by atoms with E-state index in [1.54, 1.807) is 0 Å². The fourth-order valence-corrected chi connectivity index (χ4v) is 1.99. The normalized spacial score (nSPS) is 23.3. The van der Waals surface area contributed by atoms with Crippen LogP contribution in [0.4, 0.5) is 0 Å². The number of hydrogen-bond donors (Lipinski definition) is 0. The van der Waals surface area contributed by atoms with Crippen LogP contribution in [0.15, 0.2) is 0 Å². The standard InChI is InChI=1S/C12H21NO/c1-3-8-13(10-4-5-10)11(14)9-12(2)6-7-12/h10H,3-9H2,1-2H3. The van der Waals surface area contributed by atoms with Gasteiger partial charge in [-0.15, -0.1) is 0 Å². The molecule has 2 saturated carbocycles. The summed E-state index contributed by atoms with van der Waals surface area (Å²) in [6.07, 6.45) is 6.88. The lowest BCUT2D eigenvalue weighted by molar-refractivity contribution is -0.133. The topological polar surface area (TPSA) is 20.3 Å². The zero-order chi connectivity index (χ0) is 10.2. The molecule has 2 rings (SSSR count). The second-order valence-electron chi connectivity index (χ2n) is 5.31. The van der Waals surface area contributed by atoms with Gasteiger partial charge in [0, 0.05) is 19.0 Å². The van der Waals surface area contributed by atoms with Crippen LogP contribution >= 0.6 is 0 Å². The van der Waals surface area contributed by atoms with Gasteiger partial charge >= 0.3 is 0 Å². The first-order valence-corrected chi connectivity index (χ1v) is 5.94. The quantitative estimate of drug-likeness (QED) is 0.660. The van der Waals surface area contributed by atoms with Crippen LogP contribution in [-0.4, -0.2) is 23.4 Å². The molecule has 14 heavy (non-hydrogen) atoms. The highest BCUT2D eigenvalue weighted by Gasteiger charge is 2.42. The van der Waals surface area contributed by atoms with Crippen LogP contribution in [0.25, 0.3) is 0 Å². The van der Waals surface area contributed by atoms with E-state index in [1.807, 2.05) is 0 Å². The van der Waals surface area contributed by atoms with Gasteiger partial charge < -0.3 is 4.90 Å². The number of carbonyl (C=O) groups excluding carboxylic acids is 1. The van der Waals surface area contributed by atoms with Crippen molar-refractivity contribution in [2.45, 2.75) is 58.4 Å². The molecule has 2 aliphatic rings. The summed E-state index contributed by atoms with van der Waals surface area (Å²) in [5.74, 6) is 0.411. The zero-order valence-electron chi connectivity index (χ0n) is 9.38. The number of carbonyl (C=O) groups is 1. The third-order valence-corrected chi connectivity index (χ3v) is 3.45. The maximum absolute atomic E-state index is 12.0. The summed E-state index contributed by atoms with van der Waals surface area (Å²) in [5.41, 5.74) is 0.373. The number of hydrogen-bond acceptors (Lipinski definition) is 1. The van der Waals surface area contributed by atoms with Crippen molar-refractivity contribution in [1.82, 2.24) is 4.90 Å². The van der Waals surface area contributed by atoms with Gasteiger partial charge in [-0.1, -0.05) is 13.8 Å². The zero-order valence-corrected chi connectivity index (χ0v) is 9.38. The van der Waals surface area contributed by atoms with Gasteiger partial charge in [0.15, 0.2) is 0 Å². The van der Waals surface area contributed by atoms with E-state index in [1.165, 1.54) is 25.7 Å². The average Bonchev–Trinajstić information content (AvgIpc) is 2.98. The average molecular weight is 195 g/mol. The van der Waals surface area contributed by atoms with Crippen LogP contribution < -0.4 is 0 Å². The summed E-state index contributed by atoms with van der Waals surface area (Å²) in [7, 11) is 0. The van der Waals surface area contributed by atoms with Crippen molar-refractivity contribution in [2.24, 2.45) is 5.41 Å². The van der Waals surface area contributed by atoms with E-state index in [0.717, 1.165) is 19.4 Å². The lowest BCUT2D eigenvalue weighted by atomic mass is 10.0. The van der Waals surface area contributed by atoms with Gasteiger partial charge in [0.2, 0.25) is 5.91 Å². The van der Waals surface area contributed by atoms with Crippen LogP contribution in [0, 0.1) is 5.41 Å². The fraction of sp³-hybridized carbons (Fsp3) is 0.917. The third kappa shape index (κ3) is 2.28. The predicted molar refractivity (Wildman–Crippen MR) is 57.0 cm³/mol. The molecule has 0 radical (unpaired) electrons. The Morgan fingerprint density at radius 3 is 2.50 bits per heavy atom. The van der Waals surface area contributed by atoms with Gasteiger partial charge in [-0.2, -0.15) is 0 Å². The van der Waals surface area contributed by atoms with Crippen LogP contribution in [0.2, 0.25) is 0 Å². The lowest BCUT2D eigenvalue weighted by Crippen LogP contribution is -2.34. The summed E-state index contributed by atoms with van der Waals surface area (Å²) < 4.78 is 0. The summed E-state index contributed by atoms with van der Waals surface area (Å²) >= 11 is 0. The molecule has 0 aromatic heterocycles. The molecule has 80 valence electrons. The number of rotatable bonds is 5. The molecule has 2 aliphatic carbocycles. The van der Waals surface area contributed by atoms with Crippen molar-refractivity contribution in [3.63, 3.8) is 0 Å². The maximum Gasteiger partial charge on any atom is 0.223 e. The molecule has 0 aromatic carbocycles. The van der Waals surface area contributed by atoms with Crippen molar-refractivity contribution in [3.8, 4) is 0 Å². The predicted octanol–water partition coefficient (Wildman–Crippen LogP) is 2.58. The van der Waals surface area contributed by atoms with Crippen LogP contribution in [0.5, 0.6) is 0 Å². The Bertz CT molecular complexity index is 228. The molecule has 0 aromatic rings. The summed E-state index contributed by atoms with van der Waals surface area (Å²) in [5, 5.41) is 0. The van der Waals surface area contributed by atoms with E-state index in [0.29, 0.717) is 17.4 Å². The van der Waals surface area contributed by atoms with Crippen molar-refractivity contribution in [1.29, 1.82) is 0 Å². The van der Waals surface area contributed by atoms with E-state index in [2.05, 4.69) is 18.7 Å². The lowest BCUT2D eigenvalue weighted by Gasteiger charge is -2.23. The van der Waals surface area contributed by atoms with Crippen LogP contribution in [0.1, 0.15) is 52.4 Å². The molecule has 0 spiro atoms. The largest absolute Gasteiger partial charge is 0.340 e. The van der Waals surface area contributed by atoms with Gasteiger partial charge in [0.1, 0.15) is 0 Å². The van der Waals surface area contributed by atoms with Crippen LogP contribution in [-0.2, 0) is 4.79 Å². The molecule has 2 nitrogen and oxygen atoms in total. The van der Waals surface area contributed by atoms with E-state index in [4.69, 9.17) is 0 Å². The Kier molecular flexibility index (Phi) is 2.54. The molecule has 0 aliphatic heterocycles. The van der Waals surface area contributed by atoms with Gasteiger partial charge in [0.25, 0.3) is 0 Å². The Labute approximate surface area is 86.7 Å². The van der Waals surface area contributed by atoms with Crippen LogP contribution in [0.3, 0.4) is 0 Å². The Balaban J connectivity index is 1.86. The highest BCUT2D eigenvalue weighted by Crippen LogP contribution is 2.48. The monoisotopic (exact) mass is 195 g/mol. The molecule has 0 saturated heterocycles. The van der Waals surface area contributed by atoms with Crippen molar-refractivity contribution < 1.29 is 4.79 Å². The van der Waals surface area contributed by atoms with Crippen molar-refractivity contribution in [3.05, 3.63) is 0 Å². The van der Waals surface area contributed by atoms with Crippen molar-refractivity contribution >= 4 is 5.91 Å². The smallest absolute Gasteiger partial charge is 0.223 e. The molecule has 2 heteroatoms. The van der Waals surface area contributed by atoms with Gasteiger partial charge in [0.05, 0.1) is 0 Å². The molecular formula is C12H21NO. The molecule has 0 heterocycles. The van der Waals surface area contributed by atoms with E-state index in [9.17, 15) is 4.79 Å². The fourth-order valence-electron chi connectivity index (χ4n) is 1.99. The van der Waals surface area contributed by atoms with Gasteiger partial charge in [-0.25, -0.2) is 0 Å². The summed E-state index contributed by atoms with van der Waals surface area (Å²) in [6.45, 7) is 5.36. The minimum atomic E-state index is 0.373. The Morgan fingerprint density at radius 1 is 1.43 bits per heavy atom. The van der Waals surface area contributed by atoms with E-state index in [-0.39, 0.29) is 0 Å². The molecule has 1 amide bonds. The number of nitrogens with zero attached hydrogens (tertiary/aromatic N) is 1. The second-order valence-corrected chi connectivity index (χ2v) is 5.31. The second kappa shape index (κ2) is 3.56. The maximum atomic E-state index is 12.0. The molecule has 0 atom stereocenters. The molecular weight excluding hydrogens is 174 g/mol. The highest BCUT2D eigenvalue weighted by molar-refractivity contribution is 5.78. The molecule has 0 unspecified atom stereocenters. The molecule has 0 bridgehead atoms. The first-order chi connectivity index (χ1) is 6.64. The molecule has 0 N–H and O–H groups in total.